The van der Waals surface area contributed by atoms with Crippen LogP contribution in [0.15, 0.2) is 66.1 Å². The predicted molar refractivity (Wildman–Crippen MR) is 86.8 cm³/mol. The number of aromatic nitrogens is 1. The minimum Gasteiger partial charge on any atom is -0.464 e. The van der Waals surface area contributed by atoms with Crippen LogP contribution < -0.4 is 5.32 Å². The van der Waals surface area contributed by atoms with E-state index in [-0.39, 0.29) is 24.3 Å². The Hall–Kier alpha value is -2.95. The lowest BCUT2D eigenvalue weighted by Crippen LogP contribution is -2.27. The molecule has 5 heteroatoms. The highest BCUT2D eigenvalue weighted by Crippen LogP contribution is 2.33. The summed E-state index contributed by atoms with van der Waals surface area (Å²) in [6, 6.07) is 13.2. The van der Waals surface area contributed by atoms with Crippen molar-refractivity contribution in [2.45, 2.75) is 19.4 Å². The molecule has 0 radical (unpaired) electrons. The summed E-state index contributed by atoms with van der Waals surface area (Å²) in [5.74, 6) is -0.177. The van der Waals surface area contributed by atoms with Crippen molar-refractivity contribution >= 4 is 11.8 Å². The summed E-state index contributed by atoms with van der Waals surface area (Å²) in [5, 5.41) is 10.8. The Bertz CT molecular complexity index is 754. The fourth-order valence-electron chi connectivity index (χ4n) is 2.54. The molecule has 1 unspecified atom stereocenters. The molecule has 2 heterocycles. The van der Waals surface area contributed by atoms with Gasteiger partial charge in [0.05, 0.1) is 6.42 Å². The largest absolute Gasteiger partial charge is 0.464 e. The highest BCUT2D eigenvalue weighted by molar-refractivity contribution is 5.98. The Balaban J connectivity index is 1.75. The second kappa shape index (κ2) is 6.44. The smallest absolute Gasteiger partial charge is 0.231 e. The van der Waals surface area contributed by atoms with Gasteiger partial charge in [0.2, 0.25) is 11.8 Å². The van der Waals surface area contributed by atoms with E-state index in [1.165, 1.54) is 0 Å². The van der Waals surface area contributed by atoms with Gasteiger partial charge in [0.15, 0.2) is 6.10 Å². The van der Waals surface area contributed by atoms with Crippen LogP contribution in [-0.4, -0.2) is 16.8 Å². The predicted octanol–water partition coefficient (Wildman–Crippen LogP) is 2.76. The zero-order valence-corrected chi connectivity index (χ0v) is 12.7. The molecule has 0 spiro atoms. The van der Waals surface area contributed by atoms with Crippen molar-refractivity contribution in [2.24, 2.45) is 0 Å². The fourth-order valence-corrected chi connectivity index (χ4v) is 2.54. The molecule has 0 fully saturated rings. The number of nitrogens with one attached hydrogen (secondary N) is 2. The van der Waals surface area contributed by atoms with Crippen LogP contribution in [-0.2, 0) is 16.0 Å². The van der Waals surface area contributed by atoms with E-state index in [0.29, 0.717) is 5.70 Å². The third-order valence-electron chi connectivity index (χ3n) is 3.71. The fraction of sp³-hybridized carbons (Fsp3) is 0.167. The van der Waals surface area contributed by atoms with Gasteiger partial charge in [0.1, 0.15) is 5.70 Å². The van der Waals surface area contributed by atoms with Crippen LogP contribution in [0, 0.1) is 5.41 Å². The molecule has 1 aromatic heterocycles. The SMILES string of the molecule is CC1=C(NC(=O)Cc2ccccc2)C(=N)OC1c1cccnc1. The summed E-state index contributed by atoms with van der Waals surface area (Å²) in [5.41, 5.74) is 3.05. The maximum Gasteiger partial charge on any atom is 0.231 e. The molecule has 23 heavy (non-hydrogen) atoms. The lowest BCUT2D eigenvalue weighted by molar-refractivity contribution is -0.119. The minimum absolute atomic E-state index is 0.0160. The zero-order valence-electron chi connectivity index (χ0n) is 12.7. The summed E-state index contributed by atoms with van der Waals surface area (Å²) in [7, 11) is 0. The van der Waals surface area contributed by atoms with Gasteiger partial charge in [0, 0.05) is 23.5 Å². The van der Waals surface area contributed by atoms with Gasteiger partial charge in [-0.3, -0.25) is 15.2 Å². The van der Waals surface area contributed by atoms with Crippen molar-refractivity contribution < 1.29 is 9.53 Å². The molecule has 5 nitrogen and oxygen atoms in total. The number of carbonyl (C=O) groups excluding carboxylic acids is 1. The van der Waals surface area contributed by atoms with E-state index in [0.717, 1.165) is 16.7 Å². The molecule has 3 rings (SSSR count). The van der Waals surface area contributed by atoms with Gasteiger partial charge >= 0.3 is 0 Å². The minimum atomic E-state index is -0.372. The normalized spacial score (nSPS) is 17.1. The molecule has 1 aromatic carbocycles. The molecular formula is C18H17N3O2. The Kier molecular flexibility index (Phi) is 4.19. The van der Waals surface area contributed by atoms with Crippen molar-refractivity contribution in [3.63, 3.8) is 0 Å². The second-order valence-electron chi connectivity index (χ2n) is 5.38. The van der Waals surface area contributed by atoms with Crippen LogP contribution in [0.25, 0.3) is 0 Å². The Morgan fingerprint density at radius 1 is 1.26 bits per heavy atom. The molecule has 0 bridgehead atoms. The van der Waals surface area contributed by atoms with Crippen molar-refractivity contribution in [3.05, 3.63) is 77.3 Å². The number of rotatable bonds is 4. The van der Waals surface area contributed by atoms with Gasteiger partial charge in [-0.1, -0.05) is 36.4 Å². The quantitative estimate of drug-likeness (QED) is 0.912. The maximum atomic E-state index is 12.2. The molecule has 1 amide bonds. The van der Waals surface area contributed by atoms with Crippen LogP contribution >= 0.6 is 0 Å². The van der Waals surface area contributed by atoms with E-state index >= 15 is 0 Å². The summed E-state index contributed by atoms with van der Waals surface area (Å²) in [4.78, 5) is 16.3. The van der Waals surface area contributed by atoms with E-state index in [2.05, 4.69) is 10.3 Å². The molecule has 2 N–H and O–H groups in total. The number of benzene rings is 1. The monoisotopic (exact) mass is 307 g/mol. The highest BCUT2D eigenvalue weighted by Gasteiger charge is 2.31. The van der Waals surface area contributed by atoms with E-state index in [1.54, 1.807) is 12.4 Å². The maximum absolute atomic E-state index is 12.2. The van der Waals surface area contributed by atoms with E-state index in [4.69, 9.17) is 10.1 Å². The molecule has 116 valence electrons. The Morgan fingerprint density at radius 3 is 2.74 bits per heavy atom. The Morgan fingerprint density at radius 2 is 2.04 bits per heavy atom. The standard InChI is InChI=1S/C18H17N3O2/c1-12-16(21-15(22)10-13-6-3-2-4-7-13)18(19)23-17(12)14-8-5-9-20-11-14/h2-9,11,17,19H,10H2,1H3,(H,21,22). The van der Waals surface area contributed by atoms with Crippen molar-refractivity contribution in [2.75, 3.05) is 0 Å². The molecule has 0 aliphatic carbocycles. The molecule has 2 aromatic rings. The molecule has 1 atom stereocenters. The van der Waals surface area contributed by atoms with Crippen LogP contribution in [0.1, 0.15) is 24.2 Å². The van der Waals surface area contributed by atoms with Crippen molar-refractivity contribution in [1.82, 2.24) is 10.3 Å². The van der Waals surface area contributed by atoms with E-state index in [9.17, 15) is 4.79 Å². The molecule has 1 aliphatic heterocycles. The van der Waals surface area contributed by atoms with Crippen molar-refractivity contribution in [1.29, 1.82) is 5.41 Å². The van der Waals surface area contributed by atoms with Gasteiger partial charge in [-0.2, -0.15) is 0 Å². The highest BCUT2D eigenvalue weighted by atomic mass is 16.5. The van der Waals surface area contributed by atoms with E-state index in [1.807, 2.05) is 49.4 Å². The Labute approximate surface area is 134 Å². The summed E-state index contributed by atoms with van der Waals surface area (Å²) < 4.78 is 5.58. The number of carbonyl (C=O) groups is 1. The lowest BCUT2D eigenvalue weighted by Gasteiger charge is -2.11. The van der Waals surface area contributed by atoms with Gasteiger partial charge in [0.25, 0.3) is 0 Å². The number of amides is 1. The van der Waals surface area contributed by atoms with Gasteiger partial charge in [-0.25, -0.2) is 0 Å². The second-order valence-corrected chi connectivity index (χ2v) is 5.38. The number of hydrogen-bond donors (Lipinski definition) is 2. The third-order valence-corrected chi connectivity index (χ3v) is 3.71. The summed E-state index contributed by atoms with van der Waals surface area (Å²) >= 11 is 0. The first-order chi connectivity index (χ1) is 11.1. The first-order valence-corrected chi connectivity index (χ1v) is 7.35. The lowest BCUT2D eigenvalue weighted by atomic mass is 10.0. The first-order valence-electron chi connectivity index (χ1n) is 7.35. The van der Waals surface area contributed by atoms with Gasteiger partial charge in [-0.15, -0.1) is 0 Å². The van der Waals surface area contributed by atoms with Crippen LogP contribution in [0.5, 0.6) is 0 Å². The average molecular weight is 307 g/mol. The average Bonchev–Trinajstić information content (AvgIpc) is 2.85. The summed E-state index contributed by atoms with van der Waals surface area (Å²) in [6.45, 7) is 1.86. The van der Waals surface area contributed by atoms with Crippen LogP contribution in [0.3, 0.4) is 0 Å². The molecule has 0 saturated heterocycles. The number of pyridine rings is 1. The summed E-state index contributed by atoms with van der Waals surface area (Å²) in [6.07, 6.45) is 3.28. The molecule has 1 aliphatic rings. The first kappa shape index (κ1) is 15.0. The molecule has 0 saturated carbocycles. The van der Waals surface area contributed by atoms with Gasteiger partial charge < -0.3 is 10.1 Å². The van der Waals surface area contributed by atoms with Crippen LogP contribution in [0.2, 0.25) is 0 Å². The molecular weight excluding hydrogens is 290 g/mol. The number of nitrogens with zero attached hydrogens (tertiary/aromatic N) is 1. The van der Waals surface area contributed by atoms with Crippen LogP contribution in [0.4, 0.5) is 0 Å². The third kappa shape index (κ3) is 3.29. The van der Waals surface area contributed by atoms with Gasteiger partial charge in [-0.05, 0) is 18.6 Å². The van der Waals surface area contributed by atoms with Crippen molar-refractivity contribution in [3.8, 4) is 0 Å². The van der Waals surface area contributed by atoms with E-state index < -0.39 is 0 Å². The number of hydrogen-bond acceptors (Lipinski definition) is 4. The topological polar surface area (TPSA) is 75.1 Å². The number of ether oxygens (including phenoxy) is 1. The zero-order chi connectivity index (χ0) is 16.2.